The first kappa shape index (κ1) is 37.4. The lowest BCUT2D eigenvalue weighted by atomic mass is 9.84. The maximum absolute atomic E-state index is 12.1. The highest BCUT2D eigenvalue weighted by Crippen LogP contribution is 2.30. The minimum Gasteiger partial charge on any atom is -0.460 e. The van der Waals surface area contributed by atoms with Crippen LogP contribution in [0.4, 0.5) is 11.6 Å². The molecule has 264 valence electrons. The van der Waals surface area contributed by atoms with E-state index >= 15 is 0 Å². The first-order chi connectivity index (χ1) is 22.3. The fourth-order valence-electron chi connectivity index (χ4n) is 6.47. The van der Waals surface area contributed by atoms with Gasteiger partial charge >= 0.3 is 5.97 Å². The van der Waals surface area contributed by atoms with Gasteiger partial charge in [0, 0.05) is 60.2 Å². The molecule has 0 aromatic carbocycles. The van der Waals surface area contributed by atoms with Crippen LogP contribution < -0.4 is 16.4 Å². The van der Waals surface area contributed by atoms with Gasteiger partial charge in [-0.2, -0.15) is 19.2 Å². The molecule has 4 aromatic heterocycles. The molecule has 11 nitrogen and oxygen atoms in total. The average Bonchev–Trinajstić information content (AvgIpc) is 3.69. The van der Waals surface area contributed by atoms with Gasteiger partial charge in [0.15, 0.2) is 11.3 Å². The first-order valence-electron chi connectivity index (χ1n) is 17.5. The van der Waals surface area contributed by atoms with Crippen molar-refractivity contribution in [3.05, 3.63) is 48.0 Å². The summed E-state index contributed by atoms with van der Waals surface area (Å²) in [5.41, 5.74) is 9.53. The summed E-state index contributed by atoms with van der Waals surface area (Å²) in [5.74, 6) is 3.18. The predicted octanol–water partition coefficient (Wildman–Crippen LogP) is 7.51. The monoisotopic (exact) mass is 681 g/mol. The number of rotatable bonds is 8. The lowest BCUT2D eigenvalue weighted by Gasteiger charge is -2.30. The Kier molecular flexibility index (Phi) is 12.7. The van der Waals surface area contributed by atoms with Crippen LogP contribution >= 0.6 is 12.4 Å². The minimum atomic E-state index is -0.402. The zero-order chi connectivity index (χ0) is 33.7. The summed E-state index contributed by atoms with van der Waals surface area (Å²) < 4.78 is 9.23. The van der Waals surface area contributed by atoms with E-state index < -0.39 is 5.60 Å². The van der Waals surface area contributed by atoms with Crippen molar-refractivity contribution >= 4 is 41.3 Å². The first-order valence-corrected chi connectivity index (χ1v) is 17.5. The van der Waals surface area contributed by atoms with E-state index in [-0.39, 0.29) is 18.4 Å². The van der Waals surface area contributed by atoms with Gasteiger partial charge in [-0.3, -0.25) is 4.79 Å². The van der Waals surface area contributed by atoms with Gasteiger partial charge in [0.1, 0.15) is 17.2 Å². The fourth-order valence-corrected chi connectivity index (χ4v) is 6.47. The van der Waals surface area contributed by atoms with Gasteiger partial charge in [0.25, 0.3) is 0 Å². The van der Waals surface area contributed by atoms with Gasteiger partial charge in [0.05, 0.1) is 12.4 Å². The molecule has 0 aliphatic heterocycles. The normalized spacial score (nSPS) is 21.5. The van der Waals surface area contributed by atoms with Crippen LogP contribution in [-0.4, -0.2) is 58.9 Å². The van der Waals surface area contributed by atoms with Gasteiger partial charge < -0.3 is 21.1 Å². The quantitative estimate of drug-likeness (QED) is 0.161. The number of nitrogens with one attached hydrogen (secondary N) is 2. The summed E-state index contributed by atoms with van der Waals surface area (Å²) in [7, 11) is 0. The topological polar surface area (TPSA) is 137 Å². The molecule has 4 N–H and O–H groups in total. The molecule has 0 radical (unpaired) electrons. The molecule has 0 bridgehead atoms. The van der Waals surface area contributed by atoms with Gasteiger partial charge in [-0.1, -0.05) is 27.7 Å². The Morgan fingerprint density at radius 2 is 1.25 bits per heavy atom. The van der Waals surface area contributed by atoms with Gasteiger partial charge in [-0.05, 0) is 89.9 Å². The number of aromatic nitrogens is 6. The Bertz CT molecular complexity index is 1610. The van der Waals surface area contributed by atoms with Crippen LogP contribution in [0.1, 0.15) is 129 Å². The molecule has 0 unspecified atom stereocenters. The maximum Gasteiger partial charge on any atom is 0.306 e. The third kappa shape index (κ3) is 10.0. The molecule has 12 heteroatoms. The molecule has 4 aromatic rings. The number of hydrogen-bond donors (Lipinski definition) is 3. The number of esters is 1. The Labute approximate surface area is 291 Å². The predicted molar refractivity (Wildman–Crippen MR) is 195 cm³/mol. The number of hydrogen-bond acceptors (Lipinski definition) is 9. The molecule has 0 atom stereocenters. The van der Waals surface area contributed by atoms with E-state index in [4.69, 9.17) is 10.5 Å². The Morgan fingerprint density at radius 1 is 0.812 bits per heavy atom. The zero-order valence-corrected chi connectivity index (χ0v) is 30.6. The molecule has 2 aliphatic carbocycles. The third-order valence-corrected chi connectivity index (χ3v) is 9.14. The second-order valence-electron chi connectivity index (χ2n) is 15.1. The third-order valence-electron chi connectivity index (χ3n) is 9.14. The number of carbonyl (C=O) groups is 1. The fraction of sp³-hybridized carbons (Fsp3) is 0.639. The Morgan fingerprint density at radius 3 is 1.67 bits per heavy atom. The molecule has 4 heterocycles. The van der Waals surface area contributed by atoms with Crippen LogP contribution in [0.2, 0.25) is 0 Å². The van der Waals surface area contributed by atoms with Crippen molar-refractivity contribution < 1.29 is 9.53 Å². The van der Waals surface area contributed by atoms with E-state index in [0.717, 1.165) is 85.7 Å². The van der Waals surface area contributed by atoms with Crippen LogP contribution in [0.25, 0.3) is 11.3 Å². The Hall–Kier alpha value is -3.44. The van der Waals surface area contributed by atoms with Crippen molar-refractivity contribution in [2.45, 2.75) is 142 Å². The molecular weight excluding hydrogens is 626 g/mol. The molecule has 2 fully saturated rings. The smallest absolute Gasteiger partial charge is 0.306 e. The number of ether oxygens (including phenoxy) is 1. The standard InChI is InChI=1S/C21H32N4O2.C15H23N5.ClH/c1-14(2)17-13-19(25-18(24-17)10-11-22-25)23-16-8-6-15(7-9-16)12-20(26)27-21(3,4)5;1-10(2)13-9-15(20-14(19-13)7-8-17-20)18-12-5-3-11(16)4-6-12;/h10-11,13-16,23H,6-9,12H2,1-5H3;7-12,18H,3-6,16H2,1-2H3;1H. The number of fused-ring (bicyclic) bond motifs is 2. The zero-order valence-electron chi connectivity index (χ0n) is 29.8. The molecule has 48 heavy (non-hydrogen) atoms. The van der Waals surface area contributed by atoms with Crippen molar-refractivity contribution in [1.82, 2.24) is 29.2 Å². The highest BCUT2D eigenvalue weighted by molar-refractivity contribution is 5.85. The highest BCUT2D eigenvalue weighted by atomic mass is 35.5. The Balaban J connectivity index is 0.000000221. The molecular formula is C36H56ClN9O2. The van der Waals surface area contributed by atoms with Gasteiger partial charge in [0.2, 0.25) is 0 Å². The lowest BCUT2D eigenvalue weighted by molar-refractivity contribution is -0.156. The van der Waals surface area contributed by atoms with Crippen molar-refractivity contribution in [3.8, 4) is 0 Å². The highest BCUT2D eigenvalue weighted by Gasteiger charge is 2.26. The van der Waals surface area contributed by atoms with Crippen molar-refractivity contribution in [3.63, 3.8) is 0 Å². The van der Waals surface area contributed by atoms with Crippen LogP contribution in [0.5, 0.6) is 0 Å². The molecule has 2 aliphatic rings. The van der Waals surface area contributed by atoms with Crippen molar-refractivity contribution in [2.75, 3.05) is 10.6 Å². The molecule has 6 rings (SSSR count). The lowest BCUT2D eigenvalue weighted by Crippen LogP contribution is -2.33. The average molecular weight is 682 g/mol. The largest absolute Gasteiger partial charge is 0.460 e. The number of nitrogens with two attached hydrogens (primary N) is 1. The summed E-state index contributed by atoms with van der Waals surface area (Å²) in [4.78, 5) is 21.4. The second-order valence-corrected chi connectivity index (χ2v) is 15.1. The maximum atomic E-state index is 12.1. The summed E-state index contributed by atoms with van der Waals surface area (Å²) in [6, 6.07) is 9.39. The molecule has 2 saturated carbocycles. The van der Waals surface area contributed by atoms with E-state index in [1.165, 1.54) is 0 Å². The van der Waals surface area contributed by atoms with Crippen LogP contribution in [0.15, 0.2) is 36.7 Å². The van der Waals surface area contributed by atoms with Crippen molar-refractivity contribution in [2.24, 2.45) is 11.7 Å². The SMILES string of the molecule is CC(C)c1cc(NC2CCC(CC(=O)OC(C)(C)C)CC2)n2nccc2n1.CC(C)c1cc(NC2CCC(N)CC2)n2nccc2n1.Cl. The summed E-state index contributed by atoms with van der Waals surface area (Å²) >= 11 is 0. The molecule has 0 saturated heterocycles. The second kappa shape index (κ2) is 16.3. The number of carbonyl (C=O) groups excluding carboxylic acids is 1. The molecule has 0 amide bonds. The molecule has 0 spiro atoms. The van der Waals surface area contributed by atoms with Crippen molar-refractivity contribution in [1.29, 1.82) is 0 Å². The van der Waals surface area contributed by atoms with Crippen LogP contribution in [0, 0.1) is 5.92 Å². The number of halogens is 1. The summed E-state index contributed by atoms with van der Waals surface area (Å²) in [6.07, 6.45) is 12.8. The van der Waals surface area contributed by atoms with E-state index in [0.29, 0.717) is 42.3 Å². The van der Waals surface area contributed by atoms with Gasteiger partial charge in [-0.25, -0.2) is 9.97 Å². The summed E-state index contributed by atoms with van der Waals surface area (Å²) in [5, 5.41) is 16.1. The van der Waals surface area contributed by atoms with Gasteiger partial charge in [-0.15, -0.1) is 12.4 Å². The van der Waals surface area contributed by atoms with Crippen LogP contribution in [-0.2, 0) is 9.53 Å². The number of nitrogens with zero attached hydrogens (tertiary/aromatic N) is 6. The van der Waals surface area contributed by atoms with E-state index in [1.54, 1.807) is 12.4 Å². The summed E-state index contributed by atoms with van der Waals surface area (Å²) in [6.45, 7) is 14.4. The van der Waals surface area contributed by atoms with Crippen LogP contribution in [0.3, 0.4) is 0 Å². The van der Waals surface area contributed by atoms with E-state index in [1.807, 2.05) is 41.9 Å². The van der Waals surface area contributed by atoms with E-state index in [2.05, 4.69) is 70.6 Å². The van der Waals surface area contributed by atoms with E-state index in [9.17, 15) is 4.79 Å². The minimum absolute atomic E-state index is 0. The number of anilines is 2.